The first kappa shape index (κ1) is 11.9. The Morgan fingerprint density at radius 1 is 1.40 bits per heavy atom. The monoisotopic (exact) mass is 255 g/mol. The van der Waals surface area contributed by atoms with Gasteiger partial charge < -0.3 is 9.64 Å². The van der Waals surface area contributed by atoms with Crippen molar-refractivity contribution in [1.29, 1.82) is 0 Å². The van der Waals surface area contributed by atoms with Crippen molar-refractivity contribution in [3.05, 3.63) is 0 Å². The van der Waals surface area contributed by atoms with Gasteiger partial charge in [0.05, 0.1) is 12.7 Å². The van der Waals surface area contributed by atoms with Crippen molar-refractivity contribution in [1.82, 2.24) is 4.90 Å². The van der Waals surface area contributed by atoms with Crippen LogP contribution in [-0.2, 0) is 4.74 Å². The maximum absolute atomic E-state index is 13.7. The van der Waals surface area contributed by atoms with Gasteiger partial charge in [-0.15, -0.1) is 0 Å². The summed E-state index contributed by atoms with van der Waals surface area (Å²) in [6, 6.07) is 0. The van der Waals surface area contributed by atoms with Gasteiger partial charge in [-0.25, -0.2) is 4.39 Å². The molecule has 1 aliphatic heterocycles. The van der Waals surface area contributed by atoms with Crippen LogP contribution in [0.5, 0.6) is 0 Å². The van der Waals surface area contributed by atoms with Crippen LogP contribution in [0, 0.1) is 0 Å². The van der Waals surface area contributed by atoms with E-state index in [-0.39, 0.29) is 19.1 Å². The van der Waals surface area contributed by atoms with Crippen molar-refractivity contribution < 1.29 is 9.13 Å². The van der Waals surface area contributed by atoms with Crippen LogP contribution < -0.4 is 0 Å². The van der Waals surface area contributed by atoms with Gasteiger partial charge in [0.2, 0.25) is 0 Å². The second-order valence-corrected chi connectivity index (χ2v) is 6.14. The molecule has 1 saturated heterocycles. The highest BCUT2D eigenvalue weighted by molar-refractivity contribution is 6.52. The first-order valence-corrected chi connectivity index (χ1v) is 6.05. The summed E-state index contributed by atoms with van der Waals surface area (Å²) in [7, 11) is 2.08. The van der Waals surface area contributed by atoms with E-state index < -0.39 is 10.0 Å². The molecular formula is C10H16Cl2FNO. The number of hydrogen-bond donors (Lipinski definition) is 0. The summed E-state index contributed by atoms with van der Waals surface area (Å²) in [4.78, 5) is 2.25. The van der Waals surface area contributed by atoms with Gasteiger partial charge in [0.15, 0.2) is 10.0 Å². The maximum atomic E-state index is 13.7. The number of piperidine rings is 1. The second-order valence-electron chi connectivity index (χ2n) is 4.66. The van der Waals surface area contributed by atoms with E-state index >= 15 is 0 Å². The first-order valence-electron chi connectivity index (χ1n) is 5.30. The molecule has 1 atom stereocenters. The van der Waals surface area contributed by atoms with Crippen LogP contribution in [0.2, 0.25) is 0 Å². The zero-order valence-electron chi connectivity index (χ0n) is 8.81. The number of hydrogen-bond acceptors (Lipinski definition) is 2. The molecule has 0 N–H and O–H groups in total. The number of halogens is 3. The van der Waals surface area contributed by atoms with Crippen LogP contribution in [0.4, 0.5) is 4.39 Å². The predicted molar refractivity (Wildman–Crippen MR) is 59.4 cm³/mol. The lowest BCUT2D eigenvalue weighted by molar-refractivity contribution is -0.0189. The van der Waals surface area contributed by atoms with E-state index in [1.807, 2.05) is 0 Å². The van der Waals surface area contributed by atoms with Crippen LogP contribution >= 0.6 is 23.2 Å². The van der Waals surface area contributed by atoms with Crippen molar-refractivity contribution in [2.75, 3.05) is 26.7 Å². The molecule has 15 heavy (non-hydrogen) atoms. The van der Waals surface area contributed by atoms with Crippen LogP contribution in [0.3, 0.4) is 0 Å². The number of alkyl halides is 3. The lowest BCUT2D eigenvalue weighted by Crippen LogP contribution is -2.35. The van der Waals surface area contributed by atoms with Crippen molar-refractivity contribution in [3.63, 3.8) is 0 Å². The highest BCUT2D eigenvalue weighted by Gasteiger charge is 2.68. The van der Waals surface area contributed by atoms with Gasteiger partial charge in [0.1, 0.15) is 0 Å². The molecule has 88 valence electrons. The van der Waals surface area contributed by atoms with Crippen LogP contribution in [0.15, 0.2) is 0 Å². The van der Waals surface area contributed by atoms with Gasteiger partial charge in [-0.1, -0.05) is 23.2 Å². The molecule has 1 heterocycles. The largest absolute Gasteiger partial charge is 0.375 e. The SMILES string of the molecule is CN1CCC(OCC2(F)CC2(Cl)Cl)CC1. The van der Waals surface area contributed by atoms with Crippen molar-refractivity contribution >= 4 is 23.2 Å². The number of likely N-dealkylation sites (tertiary alicyclic amines) is 1. The van der Waals surface area contributed by atoms with Crippen molar-refractivity contribution in [2.45, 2.75) is 35.4 Å². The quantitative estimate of drug-likeness (QED) is 0.719. The van der Waals surface area contributed by atoms with Gasteiger partial charge in [-0.05, 0) is 19.9 Å². The van der Waals surface area contributed by atoms with Gasteiger partial charge in [0.25, 0.3) is 0 Å². The molecule has 0 radical (unpaired) electrons. The highest BCUT2D eigenvalue weighted by Crippen LogP contribution is 2.59. The lowest BCUT2D eigenvalue weighted by Gasteiger charge is -2.29. The highest BCUT2D eigenvalue weighted by atomic mass is 35.5. The van der Waals surface area contributed by atoms with Gasteiger partial charge in [-0.2, -0.15) is 0 Å². The molecule has 5 heteroatoms. The molecule has 2 fully saturated rings. The summed E-state index contributed by atoms with van der Waals surface area (Å²) in [5.74, 6) is 0. The van der Waals surface area contributed by atoms with Gasteiger partial charge in [0, 0.05) is 19.5 Å². The minimum absolute atomic E-state index is 0.0361. The third-order valence-corrected chi connectivity index (χ3v) is 4.19. The summed E-state index contributed by atoms with van der Waals surface area (Å²) < 4.78 is 18.0. The molecule has 0 aromatic carbocycles. The Hall–Kier alpha value is 0.430. The van der Waals surface area contributed by atoms with Gasteiger partial charge >= 0.3 is 0 Å². The predicted octanol–water partition coefficient (Wildman–Crippen LogP) is 2.38. The molecule has 0 aromatic rings. The molecule has 0 bridgehead atoms. The molecule has 2 nitrogen and oxygen atoms in total. The average molecular weight is 256 g/mol. The molecule has 2 aliphatic rings. The van der Waals surface area contributed by atoms with Crippen LogP contribution in [0.25, 0.3) is 0 Å². The number of rotatable bonds is 3. The van der Waals surface area contributed by atoms with Crippen molar-refractivity contribution in [3.8, 4) is 0 Å². The summed E-state index contributed by atoms with van der Waals surface area (Å²) in [5.41, 5.74) is -1.51. The topological polar surface area (TPSA) is 12.5 Å². The normalized spacial score (nSPS) is 36.8. The van der Waals surface area contributed by atoms with E-state index in [1.54, 1.807) is 0 Å². The van der Waals surface area contributed by atoms with Crippen LogP contribution in [0.1, 0.15) is 19.3 Å². The summed E-state index contributed by atoms with van der Waals surface area (Å²) >= 11 is 11.4. The van der Waals surface area contributed by atoms with E-state index in [4.69, 9.17) is 27.9 Å². The fraction of sp³-hybridized carbons (Fsp3) is 1.00. The third kappa shape index (κ3) is 2.57. The first-order chi connectivity index (χ1) is 6.93. The molecule has 1 saturated carbocycles. The zero-order chi connectivity index (χ0) is 11.1. The van der Waals surface area contributed by atoms with E-state index in [0.717, 1.165) is 25.9 Å². The lowest BCUT2D eigenvalue weighted by atomic mass is 10.1. The Bertz CT molecular complexity index is 244. The molecule has 0 spiro atoms. The smallest absolute Gasteiger partial charge is 0.169 e. The van der Waals surface area contributed by atoms with E-state index in [2.05, 4.69) is 11.9 Å². The minimum atomic E-state index is -1.51. The van der Waals surface area contributed by atoms with Crippen molar-refractivity contribution in [2.24, 2.45) is 0 Å². The minimum Gasteiger partial charge on any atom is -0.375 e. The molecule has 1 unspecified atom stereocenters. The van der Waals surface area contributed by atoms with E-state index in [0.29, 0.717) is 0 Å². The van der Waals surface area contributed by atoms with Crippen LogP contribution in [-0.4, -0.2) is 47.8 Å². The number of nitrogens with zero attached hydrogens (tertiary/aromatic N) is 1. The summed E-state index contributed by atoms with van der Waals surface area (Å²) in [6.45, 7) is 2.06. The standard InChI is InChI=1S/C10H16Cl2FNO/c1-14-4-2-8(3-5-14)15-7-9(13)6-10(9,11)12/h8H,2-7H2,1H3. The third-order valence-electron chi connectivity index (χ3n) is 3.25. The Morgan fingerprint density at radius 3 is 2.40 bits per heavy atom. The number of ether oxygens (including phenoxy) is 1. The molecule has 0 aromatic heterocycles. The second kappa shape index (κ2) is 4.02. The molecule has 0 amide bonds. The Morgan fingerprint density at radius 2 is 1.93 bits per heavy atom. The van der Waals surface area contributed by atoms with E-state index in [9.17, 15) is 4.39 Å². The maximum Gasteiger partial charge on any atom is 0.169 e. The zero-order valence-corrected chi connectivity index (χ0v) is 10.3. The summed E-state index contributed by atoms with van der Waals surface area (Å²) in [6.07, 6.45) is 2.28. The molecular weight excluding hydrogens is 240 g/mol. The fourth-order valence-corrected chi connectivity index (χ4v) is 2.40. The average Bonchev–Trinajstić information content (AvgIpc) is 2.66. The molecule has 2 rings (SSSR count). The fourth-order valence-electron chi connectivity index (χ4n) is 1.87. The Kier molecular flexibility index (Phi) is 3.19. The Balaban J connectivity index is 1.71. The summed E-state index contributed by atoms with van der Waals surface area (Å²) in [5, 5.41) is 0. The van der Waals surface area contributed by atoms with E-state index in [1.165, 1.54) is 0 Å². The van der Waals surface area contributed by atoms with Gasteiger partial charge in [-0.3, -0.25) is 0 Å². The Labute approximate surface area is 99.7 Å². The molecule has 1 aliphatic carbocycles.